The van der Waals surface area contributed by atoms with E-state index in [0.717, 1.165) is 22.8 Å². The molecule has 0 aliphatic heterocycles. The summed E-state index contributed by atoms with van der Waals surface area (Å²) in [6.07, 6.45) is 4.33. The number of ether oxygens (including phenoxy) is 1. The van der Waals surface area contributed by atoms with E-state index in [2.05, 4.69) is 0 Å². The summed E-state index contributed by atoms with van der Waals surface area (Å²) in [5, 5.41) is 0. The van der Waals surface area contributed by atoms with E-state index in [1.54, 1.807) is 24.5 Å². The standard InChI is InChI=1S/C20H21NO4/c1-23-17-9-6-16(7-10-17)8-11-20(22)21(14-18-4-2-12-24-18)15-19-5-3-13-25-19/h2-7,9-10,12-13H,8,11,14-15H2,1H3. The average Bonchev–Trinajstić information content (AvgIpc) is 3.33. The summed E-state index contributed by atoms with van der Waals surface area (Å²) >= 11 is 0. The summed E-state index contributed by atoms with van der Waals surface area (Å²) in [6.45, 7) is 0.851. The molecule has 0 spiro atoms. The Morgan fingerprint density at radius 1 is 0.960 bits per heavy atom. The van der Waals surface area contributed by atoms with Crippen molar-refractivity contribution in [2.45, 2.75) is 25.9 Å². The van der Waals surface area contributed by atoms with Gasteiger partial charge >= 0.3 is 0 Å². The first-order valence-electron chi connectivity index (χ1n) is 8.20. The number of nitrogens with zero attached hydrogens (tertiary/aromatic N) is 1. The highest BCUT2D eigenvalue weighted by Gasteiger charge is 2.17. The molecule has 0 N–H and O–H groups in total. The molecule has 2 heterocycles. The Morgan fingerprint density at radius 3 is 2.04 bits per heavy atom. The number of carbonyl (C=O) groups excluding carboxylic acids is 1. The highest BCUT2D eigenvalue weighted by atomic mass is 16.5. The predicted molar refractivity (Wildman–Crippen MR) is 93.0 cm³/mol. The number of carbonyl (C=O) groups is 1. The first kappa shape index (κ1) is 16.9. The zero-order chi connectivity index (χ0) is 17.5. The van der Waals surface area contributed by atoms with E-state index in [9.17, 15) is 4.79 Å². The van der Waals surface area contributed by atoms with Crippen LogP contribution in [0.1, 0.15) is 23.5 Å². The molecule has 0 atom stereocenters. The number of amides is 1. The Balaban J connectivity index is 1.62. The van der Waals surface area contributed by atoms with Gasteiger partial charge in [-0.1, -0.05) is 12.1 Å². The van der Waals surface area contributed by atoms with Crippen molar-refractivity contribution in [3.63, 3.8) is 0 Å². The molecule has 2 aromatic heterocycles. The van der Waals surface area contributed by atoms with E-state index >= 15 is 0 Å². The number of rotatable bonds is 8. The Hall–Kier alpha value is -2.95. The van der Waals surface area contributed by atoms with Crippen LogP contribution in [0.3, 0.4) is 0 Å². The number of benzene rings is 1. The third kappa shape index (κ3) is 4.76. The lowest BCUT2D eigenvalue weighted by molar-refractivity contribution is -0.133. The fourth-order valence-electron chi connectivity index (χ4n) is 2.62. The predicted octanol–water partition coefficient (Wildman–Crippen LogP) is 4.04. The Bertz CT molecular complexity index is 724. The Morgan fingerprint density at radius 2 is 1.56 bits per heavy atom. The van der Waals surface area contributed by atoms with Gasteiger partial charge in [0.15, 0.2) is 0 Å². The number of aryl methyl sites for hydroxylation is 1. The molecule has 0 radical (unpaired) electrons. The fraction of sp³-hybridized carbons (Fsp3) is 0.250. The Labute approximate surface area is 146 Å². The van der Waals surface area contributed by atoms with Crippen molar-refractivity contribution in [2.75, 3.05) is 7.11 Å². The second-order valence-electron chi connectivity index (χ2n) is 5.76. The zero-order valence-electron chi connectivity index (χ0n) is 14.2. The van der Waals surface area contributed by atoms with Gasteiger partial charge in [-0.15, -0.1) is 0 Å². The molecule has 0 aliphatic rings. The SMILES string of the molecule is COc1ccc(CCC(=O)N(Cc2ccco2)Cc2ccco2)cc1. The summed E-state index contributed by atoms with van der Waals surface area (Å²) < 4.78 is 15.9. The third-order valence-corrected chi connectivity index (χ3v) is 3.99. The van der Waals surface area contributed by atoms with Crippen LogP contribution in [0.25, 0.3) is 0 Å². The van der Waals surface area contributed by atoms with Crippen LogP contribution in [0.15, 0.2) is 69.9 Å². The number of methoxy groups -OCH3 is 1. The van der Waals surface area contributed by atoms with Crippen LogP contribution in [-0.2, 0) is 24.3 Å². The molecule has 0 bridgehead atoms. The quantitative estimate of drug-likeness (QED) is 0.621. The second kappa shape index (κ2) is 8.24. The number of hydrogen-bond acceptors (Lipinski definition) is 4. The van der Waals surface area contributed by atoms with Gasteiger partial charge in [-0.2, -0.15) is 0 Å². The van der Waals surface area contributed by atoms with Gasteiger partial charge in [0.25, 0.3) is 0 Å². The highest BCUT2D eigenvalue weighted by molar-refractivity contribution is 5.76. The first-order valence-corrected chi connectivity index (χ1v) is 8.20. The molecule has 0 saturated heterocycles. The molecule has 1 amide bonds. The highest BCUT2D eigenvalue weighted by Crippen LogP contribution is 2.16. The molecule has 3 rings (SSSR count). The summed E-state index contributed by atoms with van der Waals surface area (Å²) in [5.74, 6) is 2.38. The van der Waals surface area contributed by atoms with E-state index in [1.165, 1.54) is 0 Å². The lowest BCUT2D eigenvalue weighted by Gasteiger charge is -2.20. The molecule has 0 fully saturated rings. The Kier molecular flexibility index (Phi) is 5.57. The van der Waals surface area contributed by atoms with Crippen molar-refractivity contribution in [3.8, 4) is 5.75 Å². The van der Waals surface area contributed by atoms with Crippen LogP contribution in [0, 0.1) is 0 Å². The molecule has 0 saturated carbocycles. The minimum absolute atomic E-state index is 0.0589. The average molecular weight is 339 g/mol. The van der Waals surface area contributed by atoms with Gasteiger partial charge in [-0.3, -0.25) is 4.79 Å². The normalized spacial score (nSPS) is 10.6. The van der Waals surface area contributed by atoms with Gasteiger partial charge in [0, 0.05) is 6.42 Å². The smallest absolute Gasteiger partial charge is 0.223 e. The van der Waals surface area contributed by atoms with E-state index in [1.807, 2.05) is 48.5 Å². The van der Waals surface area contributed by atoms with Crippen molar-refractivity contribution < 1.29 is 18.4 Å². The summed E-state index contributed by atoms with van der Waals surface area (Å²) in [5.41, 5.74) is 1.10. The van der Waals surface area contributed by atoms with Crippen LogP contribution in [-0.4, -0.2) is 17.9 Å². The molecule has 1 aromatic carbocycles. The van der Waals surface area contributed by atoms with Crippen LogP contribution in [0.5, 0.6) is 5.75 Å². The molecule has 130 valence electrons. The number of hydrogen-bond donors (Lipinski definition) is 0. The van der Waals surface area contributed by atoms with Crippen molar-refractivity contribution in [1.82, 2.24) is 4.90 Å². The van der Waals surface area contributed by atoms with Crippen LogP contribution < -0.4 is 4.74 Å². The third-order valence-electron chi connectivity index (χ3n) is 3.99. The molecule has 5 heteroatoms. The molecule has 0 aliphatic carbocycles. The van der Waals surface area contributed by atoms with Gasteiger partial charge in [0.1, 0.15) is 17.3 Å². The summed E-state index contributed by atoms with van der Waals surface area (Å²) in [4.78, 5) is 14.5. The molecular weight excluding hydrogens is 318 g/mol. The van der Waals surface area contributed by atoms with E-state index < -0.39 is 0 Å². The molecule has 3 aromatic rings. The van der Waals surface area contributed by atoms with Gasteiger partial charge in [-0.05, 0) is 48.4 Å². The molecular formula is C20H21NO4. The summed E-state index contributed by atoms with van der Waals surface area (Å²) in [6, 6.07) is 15.2. The van der Waals surface area contributed by atoms with Crippen LogP contribution in [0.2, 0.25) is 0 Å². The topological polar surface area (TPSA) is 55.8 Å². The van der Waals surface area contributed by atoms with E-state index in [0.29, 0.717) is 25.9 Å². The lowest BCUT2D eigenvalue weighted by Crippen LogP contribution is -2.30. The number of furan rings is 2. The van der Waals surface area contributed by atoms with Crippen molar-refractivity contribution in [2.24, 2.45) is 0 Å². The molecule has 25 heavy (non-hydrogen) atoms. The largest absolute Gasteiger partial charge is 0.497 e. The van der Waals surface area contributed by atoms with Crippen molar-refractivity contribution >= 4 is 5.91 Å². The minimum Gasteiger partial charge on any atom is -0.497 e. The maximum Gasteiger partial charge on any atom is 0.223 e. The van der Waals surface area contributed by atoms with Crippen LogP contribution in [0.4, 0.5) is 0 Å². The van der Waals surface area contributed by atoms with Crippen molar-refractivity contribution in [1.29, 1.82) is 0 Å². The van der Waals surface area contributed by atoms with Gasteiger partial charge in [-0.25, -0.2) is 0 Å². The second-order valence-corrected chi connectivity index (χ2v) is 5.76. The van der Waals surface area contributed by atoms with Crippen LogP contribution >= 0.6 is 0 Å². The van der Waals surface area contributed by atoms with Crippen molar-refractivity contribution in [3.05, 3.63) is 78.1 Å². The van der Waals surface area contributed by atoms with E-state index in [4.69, 9.17) is 13.6 Å². The maximum absolute atomic E-state index is 12.7. The maximum atomic E-state index is 12.7. The molecule has 5 nitrogen and oxygen atoms in total. The van der Waals surface area contributed by atoms with Gasteiger partial charge in [0.2, 0.25) is 5.91 Å². The monoisotopic (exact) mass is 339 g/mol. The lowest BCUT2D eigenvalue weighted by atomic mass is 10.1. The van der Waals surface area contributed by atoms with Gasteiger partial charge < -0.3 is 18.5 Å². The minimum atomic E-state index is 0.0589. The first-order chi connectivity index (χ1) is 12.2. The summed E-state index contributed by atoms with van der Waals surface area (Å²) in [7, 11) is 1.64. The fourth-order valence-corrected chi connectivity index (χ4v) is 2.62. The molecule has 0 unspecified atom stereocenters. The van der Waals surface area contributed by atoms with Gasteiger partial charge in [0.05, 0.1) is 32.7 Å². The zero-order valence-corrected chi connectivity index (χ0v) is 14.2. The van der Waals surface area contributed by atoms with E-state index in [-0.39, 0.29) is 5.91 Å².